The van der Waals surface area contributed by atoms with Gasteiger partial charge >= 0.3 is 0 Å². The molecule has 9 heavy (non-hydrogen) atoms. The Morgan fingerprint density at radius 2 is 2.33 bits per heavy atom. The first-order valence-electron chi connectivity index (χ1n) is 3.29. The van der Waals surface area contributed by atoms with Crippen LogP contribution in [0.5, 0.6) is 0 Å². The maximum atomic E-state index is 9.34. The molecule has 3 atom stereocenters. The summed E-state index contributed by atoms with van der Waals surface area (Å²) in [5.41, 5.74) is 0. The van der Waals surface area contributed by atoms with E-state index in [-0.39, 0.29) is 6.10 Å². The molecule has 0 aromatic carbocycles. The van der Waals surface area contributed by atoms with Gasteiger partial charge in [-0.05, 0) is 6.42 Å². The minimum atomic E-state index is -1.18. The van der Waals surface area contributed by atoms with Gasteiger partial charge in [-0.2, -0.15) is 0 Å². The zero-order valence-corrected chi connectivity index (χ0v) is 5.08. The number of fused-ring (bicyclic) bond motifs is 2. The number of hydrogen-bond donors (Lipinski definition) is 2. The Bertz CT molecular complexity index is 136. The Kier molecular flexibility index (Phi) is 0.928. The van der Waals surface area contributed by atoms with E-state index < -0.39 is 11.9 Å². The largest absolute Gasteiger partial charge is 0.387 e. The molecule has 0 aliphatic carbocycles. The van der Waals surface area contributed by atoms with Gasteiger partial charge in [-0.25, -0.2) is 0 Å². The molecule has 3 nitrogen and oxygen atoms in total. The zero-order chi connectivity index (χ0) is 6.48. The molecule has 2 aliphatic rings. The second-order valence-electron chi connectivity index (χ2n) is 2.87. The average molecular weight is 130 g/mol. The van der Waals surface area contributed by atoms with Crippen LogP contribution >= 0.6 is 0 Å². The maximum Gasteiger partial charge on any atom is 0.192 e. The molecule has 0 saturated carbocycles. The zero-order valence-electron chi connectivity index (χ0n) is 5.08. The van der Waals surface area contributed by atoms with Gasteiger partial charge < -0.3 is 14.9 Å². The van der Waals surface area contributed by atoms with Crippen molar-refractivity contribution in [1.29, 1.82) is 0 Å². The van der Waals surface area contributed by atoms with Crippen molar-refractivity contribution in [3.8, 4) is 0 Å². The van der Waals surface area contributed by atoms with Gasteiger partial charge in [0.05, 0.1) is 6.10 Å². The molecule has 2 bridgehead atoms. The SMILES string of the molecule is OC1CC2CCC1(O)O2. The van der Waals surface area contributed by atoms with Crippen LogP contribution in [0.3, 0.4) is 0 Å². The summed E-state index contributed by atoms with van der Waals surface area (Å²) in [6.45, 7) is 0. The standard InChI is InChI=1S/C6H10O3/c7-5-3-4-1-2-6(5,8)9-4/h4-5,7-8H,1-3H2. The van der Waals surface area contributed by atoms with Gasteiger partial charge in [0.2, 0.25) is 0 Å². The molecule has 3 unspecified atom stereocenters. The van der Waals surface area contributed by atoms with Crippen LogP contribution in [-0.4, -0.2) is 28.2 Å². The molecule has 0 radical (unpaired) electrons. The van der Waals surface area contributed by atoms with E-state index >= 15 is 0 Å². The molecule has 0 spiro atoms. The predicted octanol–water partition coefficient (Wildman–Crippen LogP) is -0.381. The van der Waals surface area contributed by atoms with Gasteiger partial charge in [-0.15, -0.1) is 0 Å². The summed E-state index contributed by atoms with van der Waals surface area (Å²) in [7, 11) is 0. The van der Waals surface area contributed by atoms with E-state index in [4.69, 9.17) is 9.84 Å². The smallest absolute Gasteiger partial charge is 0.192 e. The molecule has 3 heteroatoms. The first-order chi connectivity index (χ1) is 4.21. The van der Waals surface area contributed by atoms with Crippen LogP contribution in [0.1, 0.15) is 19.3 Å². The van der Waals surface area contributed by atoms with Crippen molar-refractivity contribution in [3.05, 3.63) is 0 Å². The highest BCUT2D eigenvalue weighted by Gasteiger charge is 2.51. The van der Waals surface area contributed by atoms with Gasteiger partial charge in [-0.1, -0.05) is 0 Å². The van der Waals surface area contributed by atoms with E-state index in [0.717, 1.165) is 6.42 Å². The summed E-state index contributed by atoms with van der Waals surface area (Å²) in [4.78, 5) is 0. The highest BCUT2D eigenvalue weighted by Crippen LogP contribution is 2.41. The van der Waals surface area contributed by atoms with E-state index in [0.29, 0.717) is 12.8 Å². The quantitative estimate of drug-likeness (QED) is 0.470. The predicted molar refractivity (Wildman–Crippen MR) is 29.7 cm³/mol. The number of aliphatic hydroxyl groups excluding tert-OH is 1. The van der Waals surface area contributed by atoms with Crippen LogP contribution in [0.15, 0.2) is 0 Å². The molecule has 2 fully saturated rings. The molecule has 2 aliphatic heterocycles. The molecule has 2 rings (SSSR count). The van der Waals surface area contributed by atoms with Gasteiger partial charge in [0, 0.05) is 12.8 Å². The summed E-state index contributed by atoms with van der Waals surface area (Å²) in [6, 6.07) is 0. The molecule has 0 aromatic rings. The fourth-order valence-electron chi connectivity index (χ4n) is 1.62. The third-order valence-corrected chi connectivity index (χ3v) is 2.20. The van der Waals surface area contributed by atoms with E-state index in [2.05, 4.69) is 0 Å². The number of ether oxygens (including phenoxy) is 1. The van der Waals surface area contributed by atoms with Gasteiger partial charge in [0.15, 0.2) is 5.79 Å². The van der Waals surface area contributed by atoms with Gasteiger partial charge in [0.1, 0.15) is 6.10 Å². The molecular weight excluding hydrogens is 120 g/mol. The molecule has 2 heterocycles. The maximum absolute atomic E-state index is 9.34. The second-order valence-corrected chi connectivity index (χ2v) is 2.87. The van der Waals surface area contributed by atoms with Crippen molar-refractivity contribution in [3.63, 3.8) is 0 Å². The Morgan fingerprint density at radius 3 is 2.56 bits per heavy atom. The van der Waals surface area contributed by atoms with Crippen LogP contribution in [-0.2, 0) is 4.74 Å². The molecule has 2 saturated heterocycles. The summed E-state index contributed by atoms with van der Waals surface area (Å²) in [5.74, 6) is -1.18. The third kappa shape index (κ3) is 0.625. The normalized spacial score (nSPS) is 56.7. The van der Waals surface area contributed by atoms with E-state index in [1.165, 1.54) is 0 Å². The first kappa shape index (κ1) is 5.65. The van der Waals surface area contributed by atoms with Crippen molar-refractivity contribution in [1.82, 2.24) is 0 Å². The summed E-state index contributed by atoms with van der Waals surface area (Å²) in [5, 5.41) is 18.4. The van der Waals surface area contributed by atoms with Gasteiger partial charge in [0.25, 0.3) is 0 Å². The first-order valence-corrected chi connectivity index (χ1v) is 3.29. The van der Waals surface area contributed by atoms with E-state index in [9.17, 15) is 5.11 Å². The Balaban J connectivity index is 2.22. The Hall–Kier alpha value is -0.120. The van der Waals surface area contributed by atoms with Crippen molar-refractivity contribution in [2.75, 3.05) is 0 Å². The number of aliphatic hydroxyl groups is 2. The topological polar surface area (TPSA) is 49.7 Å². The van der Waals surface area contributed by atoms with E-state index in [1.807, 2.05) is 0 Å². The molecule has 2 N–H and O–H groups in total. The summed E-state index contributed by atoms with van der Waals surface area (Å²) < 4.78 is 5.08. The minimum Gasteiger partial charge on any atom is -0.387 e. The number of hydrogen-bond acceptors (Lipinski definition) is 3. The Morgan fingerprint density at radius 1 is 1.56 bits per heavy atom. The fourth-order valence-corrected chi connectivity index (χ4v) is 1.62. The molecular formula is C6H10O3. The summed E-state index contributed by atoms with van der Waals surface area (Å²) >= 11 is 0. The lowest BCUT2D eigenvalue weighted by atomic mass is 9.95. The monoisotopic (exact) mass is 130 g/mol. The lowest BCUT2D eigenvalue weighted by molar-refractivity contribution is -0.199. The molecule has 52 valence electrons. The van der Waals surface area contributed by atoms with Crippen LogP contribution < -0.4 is 0 Å². The van der Waals surface area contributed by atoms with Crippen molar-refractivity contribution in [2.24, 2.45) is 0 Å². The highest BCUT2D eigenvalue weighted by atomic mass is 16.7. The van der Waals surface area contributed by atoms with Crippen LogP contribution in [0.4, 0.5) is 0 Å². The second kappa shape index (κ2) is 1.48. The number of rotatable bonds is 0. The van der Waals surface area contributed by atoms with E-state index in [1.54, 1.807) is 0 Å². The van der Waals surface area contributed by atoms with Crippen LogP contribution in [0, 0.1) is 0 Å². The van der Waals surface area contributed by atoms with Crippen molar-refractivity contribution >= 4 is 0 Å². The van der Waals surface area contributed by atoms with Crippen molar-refractivity contribution in [2.45, 2.75) is 37.3 Å². The minimum absolute atomic E-state index is 0.116. The fraction of sp³-hybridized carbons (Fsp3) is 1.00. The Labute approximate surface area is 53.3 Å². The summed E-state index contributed by atoms with van der Waals surface area (Å²) in [6.07, 6.45) is 1.57. The molecule has 0 aromatic heterocycles. The molecule has 0 amide bonds. The van der Waals surface area contributed by atoms with Crippen LogP contribution in [0.25, 0.3) is 0 Å². The third-order valence-electron chi connectivity index (χ3n) is 2.20. The lowest BCUT2D eigenvalue weighted by Crippen LogP contribution is -2.37. The lowest BCUT2D eigenvalue weighted by Gasteiger charge is -2.21. The average Bonchev–Trinajstić information content (AvgIpc) is 2.22. The highest BCUT2D eigenvalue weighted by molar-refractivity contribution is 4.94. The van der Waals surface area contributed by atoms with Gasteiger partial charge in [-0.3, -0.25) is 0 Å². The van der Waals surface area contributed by atoms with Crippen LogP contribution in [0.2, 0.25) is 0 Å². The van der Waals surface area contributed by atoms with Crippen molar-refractivity contribution < 1.29 is 14.9 Å².